The van der Waals surface area contributed by atoms with E-state index in [1.54, 1.807) is 4.90 Å². The molecule has 0 unspecified atom stereocenters. The van der Waals surface area contributed by atoms with Crippen LogP contribution in [0.15, 0.2) is 18.2 Å². The van der Waals surface area contributed by atoms with Crippen molar-refractivity contribution in [2.24, 2.45) is 0 Å². The van der Waals surface area contributed by atoms with Gasteiger partial charge in [-0.05, 0) is 63.3 Å². The molecule has 3 rings (SSSR count). The molecule has 1 aliphatic carbocycles. The molecular weight excluding hydrogens is 288 g/mol. The summed E-state index contributed by atoms with van der Waals surface area (Å²) >= 11 is 0. The second-order valence-electron chi connectivity index (χ2n) is 7.21. The highest BCUT2D eigenvalue weighted by atomic mass is 16.6. The average Bonchev–Trinajstić information content (AvgIpc) is 2.92. The van der Waals surface area contributed by atoms with Gasteiger partial charge in [-0.3, -0.25) is 4.98 Å². The first-order valence-corrected chi connectivity index (χ1v) is 8.18. The Hall–Kier alpha value is -2.10. The van der Waals surface area contributed by atoms with Crippen molar-refractivity contribution in [1.29, 1.82) is 0 Å². The molecule has 1 aromatic heterocycles. The number of carbonyl (C=O) groups is 1. The SMILES string of the molecule is Cc1cc2c(c(C3=CCCN(C(=O)OC(C)(C)C)C3)n1)CC=C2. The molecule has 4 heteroatoms. The van der Waals surface area contributed by atoms with Gasteiger partial charge in [0, 0.05) is 12.2 Å². The van der Waals surface area contributed by atoms with Crippen molar-refractivity contribution in [3.8, 4) is 0 Å². The molecule has 0 aromatic carbocycles. The number of allylic oxidation sites excluding steroid dienone is 1. The van der Waals surface area contributed by atoms with Crippen LogP contribution in [0.5, 0.6) is 0 Å². The molecule has 0 saturated heterocycles. The summed E-state index contributed by atoms with van der Waals surface area (Å²) in [5.41, 5.74) is 5.24. The third-order valence-corrected chi connectivity index (χ3v) is 4.01. The Morgan fingerprint density at radius 1 is 1.35 bits per heavy atom. The summed E-state index contributed by atoms with van der Waals surface area (Å²) in [4.78, 5) is 18.9. The van der Waals surface area contributed by atoms with E-state index < -0.39 is 5.60 Å². The van der Waals surface area contributed by atoms with Crippen LogP contribution in [0.1, 0.15) is 49.7 Å². The van der Waals surface area contributed by atoms with Gasteiger partial charge in [-0.15, -0.1) is 0 Å². The van der Waals surface area contributed by atoms with Gasteiger partial charge in [0.05, 0.1) is 12.2 Å². The molecule has 1 amide bonds. The smallest absolute Gasteiger partial charge is 0.410 e. The number of rotatable bonds is 1. The summed E-state index contributed by atoms with van der Waals surface area (Å²) < 4.78 is 5.50. The zero-order chi connectivity index (χ0) is 16.6. The zero-order valence-electron chi connectivity index (χ0n) is 14.3. The van der Waals surface area contributed by atoms with E-state index in [4.69, 9.17) is 9.72 Å². The number of amides is 1. The number of aromatic nitrogens is 1. The van der Waals surface area contributed by atoms with E-state index in [0.717, 1.165) is 29.8 Å². The first kappa shape index (κ1) is 15.8. The fourth-order valence-corrected chi connectivity index (χ4v) is 3.06. The molecule has 1 aromatic rings. The number of hydrogen-bond donors (Lipinski definition) is 0. The lowest BCUT2D eigenvalue weighted by atomic mass is 9.98. The third kappa shape index (κ3) is 3.46. The summed E-state index contributed by atoms with van der Waals surface area (Å²) in [7, 11) is 0. The van der Waals surface area contributed by atoms with Crippen LogP contribution in [0.25, 0.3) is 11.6 Å². The quantitative estimate of drug-likeness (QED) is 0.787. The molecule has 2 heterocycles. The van der Waals surface area contributed by atoms with Crippen LogP contribution in [0.4, 0.5) is 4.79 Å². The lowest BCUT2D eigenvalue weighted by molar-refractivity contribution is 0.0273. The van der Waals surface area contributed by atoms with Crippen LogP contribution in [0.2, 0.25) is 0 Å². The minimum Gasteiger partial charge on any atom is -0.444 e. The summed E-state index contributed by atoms with van der Waals surface area (Å²) in [6.45, 7) is 8.97. The fraction of sp³-hybridized carbons (Fsp3) is 0.474. The molecule has 0 atom stereocenters. The van der Waals surface area contributed by atoms with Crippen LogP contribution in [0.3, 0.4) is 0 Å². The van der Waals surface area contributed by atoms with Crippen LogP contribution in [0, 0.1) is 6.92 Å². The number of pyridine rings is 1. The van der Waals surface area contributed by atoms with Crippen molar-refractivity contribution in [3.63, 3.8) is 0 Å². The van der Waals surface area contributed by atoms with E-state index in [2.05, 4.69) is 24.3 Å². The number of hydrogen-bond acceptors (Lipinski definition) is 3. The molecule has 2 aliphatic rings. The van der Waals surface area contributed by atoms with Crippen LogP contribution >= 0.6 is 0 Å². The molecule has 4 nitrogen and oxygen atoms in total. The normalized spacial score (nSPS) is 17.0. The Kier molecular flexibility index (Phi) is 4.00. The van der Waals surface area contributed by atoms with Gasteiger partial charge in [0.2, 0.25) is 0 Å². The fourth-order valence-electron chi connectivity index (χ4n) is 3.06. The summed E-state index contributed by atoms with van der Waals surface area (Å²) in [6.07, 6.45) is 8.05. The van der Waals surface area contributed by atoms with Gasteiger partial charge in [-0.1, -0.05) is 18.2 Å². The van der Waals surface area contributed by atoms with E-state index in [1.807, 2.05) is 27.7 Å². The predicted octanol–water partition coefficient (Wildman–Crippen LogP) is 3.98. The molecule has 0 bridgehead atoms. The maximum absolute atomic E-state index is 12.3. The number of fused-ring (bicyclic) bond motifs is 1. The molecule has 0 spiro atoms. The molecule has 122 valence electrons. The Balaban J connectivity index is 1.83. The highest BCUT2D eigenvalue weighted by Crippen LogP contribution is 2.30. The molecule has 23 heavy (non-hydrogen) atoms. The molecule has 0 saturated carbocycles. The van der Waals surface area contributed by atoms with Crippen LogP contribution in [-0.4, -0.2) is 34.7 Å². The summed E-state index contributed by atoms with van der Waals surface area (Å²) in [6, 6.07) is 2.12. The lowest BCUT2D eigenvalue weighted by Crippen LogP contribution is -2.39. The maximum atomic E-state index is 12.3. The number of carbonyl (C=O) groups excluding carboxylic acids is 1. The predicted molar refractivity (Wildman–Crippen MR) is 92.1 cm³/mol. The van der Waals surface area contributed by atoms with Gasteiger partial charge in [-0.2, -0.15) is 0 Å². The van der Waals surface area contributed by atoms with Crippen molar-refractivity contribution >= 4 is 17.7 Å². The summed E-state index contributed by atoms with van der Waals surface area (Å²) in [5.74, 6) is 0. The second-order valence-corrected chi connectivity index (χ2v) is 7.21. The van der Waals surface area contributed by atoms with E-state index in [0.29, 0.717) is 13.1 Å². The first-order chi connectivity index (χ1) is 10.8. The molecule has 1 aliphatic heterocycles. The highest BCUT2D eigenvalue weighted by molar-refractivity contribution is 5.78. The Bertz CT molecular complexity index is 696. The van der Waals surface area contributed by atoms with E-state index >= 15 is 0 Å². The van der Waals surface area contributed by atoms with Crippen molar-refractivity contribution in [2.75, 3.05) is 13.1 Å². The van der Waals surface area contributed by atoms with E-state index in [1.165, 1.54) is 11.1 Å². The largest absolute Gasteiger partial charge is 0.444 e. The van der Waals surface area contributed by atoms with E-state index in [9.17, 15) is 4.79 Å². The molecule has 0 fully saturated rings. The first-order valence-electron chi connectivity index (χ1n) is 8.18. The average molecular weight is 312 g/mol. The lowest BCUT2D eigenvalue weighted by Gasteiger charge is -2.30. The summed E-state index contributed by atoms with van der Waals surface area (Å²) in [5, 5.41) is 0. The van der Waals surface area contributed by atoms with E-state index in [-0.39, 0.29) is 6.09 Å². The van der Waals surface area contributed by atoms with Crippen molar-refractivity contribution in [2.45, 2.75) is 46.1 Å². The van der Waals surface area contributed by atoms with Crippen molar-refractivity contribution in [1.82, 2.24) is 9.88 Å². The van der Waals surface area contributed by atoms with Crippen molar-refractivity contribution in [3.05, 3.63) is 40.7 Å². The number of aryl methyl sites for hydroxylation is 1. The number of ether oxygens (including phenoxy) is 1. The maximum Gasteiger partial charge on any atom is 0.410 e. The zero-order valence-corrected chi connectivity index (χ0v) is 14.3. The minimum atomic E-state index is -0.467. The molecular formula is C19H24N2O2. The molecule has 0 N–H and O–H groups in total. The van der Waals surface area contributed by atoms with Gasteiger partial charge in [0.1, 0.15) is 5.60 Å². The Morgan fingerprint density at radius 3 is 2.87 bits per heavy atom. The minimum absolute atomic E-state index is 0.245. The second kappa shape index (κ2) is 5.84. The van der Waals surface area contributed by atoms with Gasteiger partial charge in [-0.25, -0.2) is 4.79 Å². The highest BCUT2D eigenvalue weighted by Gasteiger charge is 2.26. The van der Waals surface area contributed by atoms with Crippen LogP contribution < -0.4 is 0 Å². The monoisotopic (exact) mass is 312 g/mol. The van der Waals surface area contributed by atoms with Gasteiger partial charge >= 0.3 is 6.09 Å². The van der Waals surface area contributed by atoms with Crippen molar-refractivity contribution < 1.29 is 9.53 Å². The Labute approximate surface area is 137 Å². The van der Waals surface area contributed by atoms with Gasteiger partial charge in [0.25, 0.3) is 0 Å². The Morgan fingerprint density at radius 2 is 2.13 bits per heavy atom. The third-order valence-electron chi connectivity index (χ3n) is 4.01. The van der Waals surface area contributed by atoms with Gasteiger partial charge in [0.15, 0.2) is 0 Å². The number of nitrogens with zero attached hydrogens (tertiary/aromatic N) is 2. The standard InChI is InChI=1S/C19H24N2O2/c1-13-11-14-7-5-9-16(14)17(20-13)15-8-6-10-21(12-15)18(22)23-19(2,3)4/h5,7-8,11H,6,9-10,12H2,1-4H3. The molecule has 0 radical (unpaired) electrons. The topological polar surface area (TPSA) is 42.4 Å². The van der Waals surface area contributed by atoms with Crippen LogP contribution in [-0.2, 0) is 11.2 Å². The van der Waals surface area contributed by atoms with Gasteiger partial charge < -0.3 is 9.64 Å².